The van der Waals surface area contributed by atoms with Crippen molar-refractivity contribution in [3.63, 3.8) is 0 Å². The van der Waals surface area contributed by atoms with Gasteiger partial charge in [0, 0.05) is 15.9 Å². The van der Waals surface area contributed by atoms with Gasteiger partial charge in [0.1, 0.15) is 0 Å². The van der Waals surface area contributed by atoms with E-state index in [-0.39, 0.29) is 18.2 Å². The number of benzene rings is 1. The van der Waals surface area contributed by atoms with E-state index < -0.39 is 55.9 Å². The molecule has 23 heavy (non-hydrogen) atoms. The summed E-state index contributed by atoms with van der Waals surface area (Å²) >= 11 is 0. The highest BCUT2D eigenvalue weighted by molar-refractivity contribution is 8.06. The van der Waals surface area contributed by atoms with Gasteiger partial charge in [0.05, 0.1) is 11.1 Å². The predicted octanol–water partition coefficient (Wildman–Crippen LogP) is 4.30. The first-order valence-electron chi connectivity index (χ1n) is 5.04. The van der Waals surface area contributed by atoms with Gasteiger partial charge in [-0.3, -0.25) is 8.42 Å². The van der Waals surface area contributed by atoms with Gasteiger partial charge >= 0.3 is 17.9 Å². The Morgan fingerprint density at radius 3 is 1.43 bits per heavy atom. The topological polar surface area (TPSA) is 48.2 Å². The van der Waals surface area contributed by atoms with Gasteiger partial charge in [-0.25, -0.2) is 0 Å². The second kappa shape index (κ2) is 6.39. The molecule has 0 spiro atoms. The smallest absolute Gasteiger partial charge is 0.453 e. The summed E-state index contributed by atoms with van der Waals surface area (Å²) in [6.07, 6.45) is -10.5. The summed E-state index contributed by atoms with van der Waals surface area (Å²) in [5.41, 5.74) is -9.23. The molecule has 0 fully saturated rings. The Morgan fingerprint density at radius 1 is 0.739 bits per heavy atom. The standard InChI is InChI=1S/C9H3F9NO2S2/c10-7(11,12)4-1-5(8(13,14)15)3-6(2-4)22(20)19-23(21)9(16,17)18/h1-3H/q-1. The fourth-order valence-electron chi connectivity index (χ4n) is 1.17. The van der Waals surface area contributed by atoms with Crippen molar-refractivity contribution in [1.82, 2.24) is 0 Å². The maximum absolute atomic E-state index is 12.5. The van der Waals surface area contributed by atoms with Gasteiger partial charge in [-0.2, -0.15) is 39.5 Å². The summed E-state index contributed by atoms with van der Waals surface area (Å²) in [6.45, 7) is 0. The van der Waals surface area contributed by atoms with Crippen LogP contribution in [0.3, 0.4) is 0 Å². The molecule has 0 aliphatic heterocycles. The molecule has 1 aromatic rings. The van der Waals surface area contributed by atoms with Gasteiger partial charge in [-0.15, -0.1) is 0 Å². The van der Waals surface area contributed by atoms with Crippen LogP contribution in [-0.2, 0) is 34.3 Å². The summed E-state index contributed by atoms with van der Waals surface area (Å²) in [5, 5.41) is 0. The molecule has 0 N–H and O–H groups in total. The van der Waals surface area contributed by atoms with Crippen molar-refractivity contribution < 1.29 is 47.9 Å². The van der Waals surface area contributed by atoms with Gasteiger partial charge in [-0.05, 0) is 29.2 Å². The lowest BCUT2D eigenvalue weighted by molar-refractivity contribution is -0.143. The molecular weight excluding hydrogens is 389 g/mol. The van der Waals surface area contributed by atoms with Crippen molar-refractivity contribution in [2.24, 2.45) is 0 Å². The summed E-state index contributed by atoms with van der Waals surface area (Å²) in [7, 11) is -7.41. The molecule has 0 saturated heterocycles. The summed E-state index contributed by atoms with van der Waals surface area (Å²) < 4.78 is 135. The Morgan fingerprint density at radius 2 is 1.13 bits per heavy atom. The number of hydrogen-bond donors (Lipinski definition) is 0. The van der Waals surface area contributed by atoms with Crippen LogP contribution in [0.4, 0.5) is 39.5 Å². The Bertz CT molecular complexity index is 603. The summed E-state index contributed by atoms with van der Waals surface area (Å²) in [6, 6.07) is -0.438. The van der Waals surface area contributed by atoms with Gasteiger partial charge in [-0.1, -0.05) is 0 Å². The molecular formula is C9H3F9NO2S2-. The lowest BCUT2D eigenvalue weighted by Crippen LogP contribution is -2.16. The normalized spacial score (nSPS) is 16.2. The zero-order valence-corrected chi connectivity index (χ0v) is 11.8. The molecule has 0 bridgehead atoms. The monoisotopic (exact) mass is 392 g/mol. The van der Waals surface area contributed by atoms with Crippen LogP contribution in [0.5, 0.6) is 0 Å². The highest BCUT2D eigenvalue weighted by Gasteiger charge is 2.37. The fourth-order valence-corrected chi connectivity index (χ4v) is 2.80. The summed E-state index contributed by atoms with van der Waals surface area (Å²) in [5.74, 6) is 0. The number of halogens is 9. The molecule has 132 valence electrons. The third-order valence-electron chi connectivity index (χ3n) is 2.10. The fraction of sp³-hybridized carbons (Fsp3) is 0.333. The van der Waals surface area contributed by atoms with Crippen LogP contribution >= 0.6 is 0 Å². The molecule has 0 radical (unpaired) electrons. The molecule has 2 unspecified atom stereocenters. The average Bonchev–Trinajstić information content (AvgIpc) is 2.34. The van der Waals surface area contributed by atoms with Crippen LogP contribution in [0.2, 0.25) is 0 Å². The Labute approximate surface area is 127 Å². The molecule has 1 aromatic carbocycles. The highest BCUT2D eigenvalue weighted by Crippen LogP contribution is 2.38. The Kier molecular flexibility index (Phi) is 5.53. The third kappa shape index (κ3) is 5.46. The number of hydrogen-bond acceptors (Lipinski definition) is 2. The third-order valence-corrected chi connectivity index (χ3v) is 4.21. The largest absolute Gasteiger partial charge is 0.479 e. The second-order valence-electron chi connectivity index (χ2n) is 3.76. The van der Waals surface area contributed by atoms with E-state index in [1.165, 1.54) is 0 Å². The lowest BCUT2D eigenvalue weighted by Gasteiger charge is -2.22. The van der Waals surface area contributed by atoms with Gasteiger partial charge < -0.3 is 4.13 Å². The maximum Gasteiger partial charge on any atom is 0.453 e. The second-order valence-corrected chi connectivity index (χ2v) is 6.29. The van der Waals surface area contributed by atoms with E-state index in [9.17, 15) is 47.9 Å². The molecule has 0 aliphatic carbocycles. The van der Waals surface area contributed by atoms with E-state index in [0.29, 0.717) is 0 Å². The van der Waals surface area contributed by atoms with E-state index in [2.05, 4.69) is 4.13 Å². The van der Waals surface area contributed by atoms with E-state index in [1.54, 1.807) is 0 Å². The minimum absolute atomic E-state index is 0.0670. The first-order valence-corrected chi connectivity index (χ1v) is 7.25. The van der Waals surface area contributed by atoms with Gasteiger partial charge in [0.15, 0.2) is 0 Å². The average molecular weight is 392 g/mol. The van der Waals surface area contributed by atoms with Crippen LogP contribution in [0, 0.1) is 0 Å². The zero-order chi connectivity index (χ0) is 18.2. The van der Waals surface area contributed by atoms with Gasteiger partial charge in [0.25, 0.3) is 0 Å². The molecule has 0 aromatic heterocycles. The molecule has 3 nitrogen and oxygen atoms in total. The molecule has 0 heterocycles. The van der Waals surface area contributed by atoms with Crippen LogP contribution in [0.1, 0.15) is 11.1 Å². The highest BCUT2D eigenvalue weighted by atomic mass is 32.3. The quantitative estimate of drug-likeness (QED) is 0.720. The number of rotatable bonds is 3. The van der Waals surface area contributed by atoms with Crippen molar-refractivity contribution >= 4 is 22.0 Å². The van der Waals surface area contributed by atoms with Gasteiger partial charge in [0.2, 0.25) is 0 Å². The molecule has 0 saturated carbocycles. The minimum Gasteiger partial charge on any atom is -0.479 e. The van der Waals surface area contributed by atoms with Crippen molar-refractivity contribution in [3.05, 3.63) is 33.5 Å². The van der Waals surface area contributed by atoms with Crippen LogP contribution < -0.4 is 0 Å². The van der Waals surface area contributed by atoms with Crippen molar-refractivity contribution in [2.75, 3.05) is 0 Å². The number of alkyl halides is 9. The van der Waals surface area contributed by atoms with Crippen LogP contribution in [-0.4, -0.2) is 13.9 Å². The first-order chi connectivity index (χ1) is 10.1. The van der Waals surface area contributed by atoms with E-state index in [1.807, 2.05) is 0 Å². The molecule has 14 heteroatoms. The first kappa shape index (κ1) is 19.9. The summed E-state index contributed by atoms with van der Waals surface area (Å²) in [4.78, 5) is -1.32. The molecule has 0 aliphatic rings. The SMILES string of the molecule is O=S([N-]S(=O)C(F)(F)F)c1cc(C(F)(F)F)cc(C(F)(F)F)c1. The van der Waals surface area contributed by atoms with Crippen molar-refractivity contribution in [2.45, 2.75) is 22.8 Å². The zero-order valence-electron chi connectivity index (χ0n) is 10.2. The van der Waals surface area contributed by atoms with Crippen molar-refractivity contribution in [3.8, 4) is 0 Å². The molecule has 1 rings (SSSR count). The van der Waals surface area contributed by atoms with Crippen LogP contribution in [0.15, 0.2) is 23.1 Å². The lowest BCUT2D eigenvalue weighted by atomic mass is 10.1. The minimum atomic E-state index is -5.45. The van der Waals surface area contributed by atoms with E-state index >= 15 is 0 Å². The maximum atomic E-state index is 12.5. The molecule has 2 atom stereocenters. The molecule has 0 amide bonds. The van der Waals surface area contributed by atoms with E-state index in [0.717, 1.165) is 0 Å². The van der Waals surface area contributed by atoms with E-state index in [4.69, 9.17) is 0 Å². The Balaban J connectivity index is 3.30. The predicted molar refractivity (Wildman–Crippen MR) is 60.4 cm³/mol. The Hall–Kier alpha value is -1.15. The number of nitrogens with zero attached hydrogens (tertiary/aromatic N) is 1. The van der Waals surface area contributed by atoms with Crippen molar-refractivity contribution in [1.29, 1.82) is 0 Å². The van der Waals surface area contributed by atoms with Crippen LogP contribution in [0.25, 0.3) is 4.13 Å².